The highest BCUT2D eigenvalue weighted by Crippen LogP contribution is 2.21. The number of nitrogens with zero attached hydrogens (tertiary/aromatic N) is 1. The molecule has 4 rings (SSSR count). The van der Waals surface area contributed by atoms with Crippen LogP contribution in [0.2, 0.25) is 0 Å². The number of hydrogen-bond acceptors (Lipinski definition) is 2. The van der Waals surface area contributed by atoms with E-state index in [0.717, 1.165) is 14.3 Å². The number of hydrogen-bond donors (Lipinski definition) is 0. The molecule has 0 unspecified atom stereocenters. The van der Waals surface area contributed by atoms with Gasteiger partial charge < -0.3 is 0 Å². The van der Waals surface area contributed by atoms with Gasteiger partial charge in [-0.05, 0) is 57.6 Å². The lowest BCUT2D eigenvalue weighted by molar-refractivity contribution is 0.969. The molecule has 4 aromatic rings. The first-order valence-electron chi connectivity index (χ1n) is 7.50. The SMILES string of the molecule is O=c1c2ccccc2c2ccccc2c(=O)n1-c1ccccc1I. The molecule has 0 radical (unpaired) electrons. The molecule has 0 aliphatic carbocycles. The van der Waals surface area contributed by atoms with E-state index in [9.17, 15) is 9.59 Å². The molecule has 0 aliphatic heterocycles. The van der Waals surface area contributed by atoms with Crippen LogP contribution in [0.25, 0.3) is 27.2 Å². The number of fused-ring (bicyclic) bond motifs is 3. The van der Waals surface area contributed by atoms with Crippen molar-refractivity contribution in [1.82, 2.24) is 4.57 Å². The first kappa shape index (κ1) is 15.1. The minimum absolute atomic E-state index is 0.295. The Balaban J connectivity index is 2.38. The van der Waals surface area contributed by atoms with Crippen LogP contribution in [0.5, 0.6) is 0 Å². The number of para-hydroxylation sites is 1. The van der Waals surface area contributed by atoms with Gasteiger partial charge in [-0.15, -0.1) is 0 Å². The van der Waals surface area contributed by atoms with Crippen molar-refractivity contribution >= 4 is 44.1 Å². The number of rotatable bonds is 1. The maximum atomic E-state index is 13.2. The predicted octanol–water partition coefficient (Wildman–Crippen LogP) is 4.11. The van der Waals surface area contributed by atoms with Crippen LogP contribution in [0.4, 0.5) is 0 Å². The van der Waals surface area contributed by atoms with Crippen molar-refractivity contribution < 1.29 is 0 Å². The molecule has 0 amide bonds. The van der Waals surface area contributed by atoms with Gasteiger partial charge in [-0.3, -0.25) is 9.59 Å². The maximum Gasteiger partial charge on any atom is 0.265 e. The van der Waals surface area contributed by atoms with Crippen molar-refractivity contribution in [3.8, 4) is 5.69 Å². The fraction of sp³-hybridized carbons (Fsp3) is 0. The Kier molecular flexibility index (Phi) is 3.69. The van der Waals surface area contributed by atoms with Gasteiger partial charge in [0.25, 0.3) is 11.1 Å². The maximum absolute atomic E-state index is 13.2. The van der Waals surface area contributed by atoms with E-state index in [4.69, 9.17) is 0 Å². The molecule has 0 atom stereocenters. The first-order valence-corrected chi connectivity index (χ1v) is 8.58. The average Bonchev–Trinajstić information content (AvgIpc) is 2.71. The molecular weight excluding hydrogens is 413 g/mol. The van der Waals surface area contributed by atoms with Gasteiger partial charge in [-0.2, -0.15) is 0 Å². The third-order valence-corrected chi connectivity index (χ3v) is 5.02. The molecule has 1 heterocycles. The zero-order chi connectivity index (χ0) is 16.7. The molecule has 0 aliphatic rings. The Bertz CT molecular complexity index is 1140. The van der Waals surface area contributed by atoms with E-state index in [2.05, 4.69) is 22.6 Å². The molecule has 0 spiro atoms. The summed E-state index contributed by atoms with van der Waals surface area (Å²) in [6, 6.07) is 22.1. The van der Waals surface area contributed by atoms with E-state index in [0.29, 0.717) is 16.5 Å². The fourth-order valence-electron chi connectivity index (χ4n) is 2.99. The van der Waals surface area contributed by atoms with Crippen LogP contribution in [-0.2, 0) is 0 Å². The van der Waals surface area contributed by atoms with Crippen molar-refractivity contribution in [1.29, 1.82) is 0 Å². The van der Waals surface area contributed by atoms with Crippen molar-refractivity contribution in [3.05, 3.63) is 97.1 Å². The predicted molar refractivity (Wildman–Crippen MR) is 106 cm³/mol. The molecule has 0 bridgehead atoms. The molecule has 0 fully saturated rings. The standard InChI is InChI=1S/C20H12INO2/c21-17-11-5-6-12-18(17)22-19(23)15-9-3-1-7-13(15)14-8-2-4-10-16(14)20(22)24/h1-12H. The van der Waals surface area contributed by atoms with Crippen LogP contribution in [0.15, 0.2) is 82.4 Å². The molecule has 3 nitrogen and oxygen atoms in total. The summed E-state index contributed by atoms with van der Waals surface area (Å²) in [5.41, 5.74) is 0.0199. The quantitative estimate of drug-likeness (QED) is 0.431. The van der Waals surface area contributed by atoms with E-state index in [-0.39, 0.29) is 11.1 Å². The lowest BCUT2D eigenvalue weighted by atomic mass is 10.1. The largest absolute Gasteiger partial charge is 0.268 e. The zero-order valence-electron chi connectivity index (χ0n) is 12.6. The summed E-state index contributed by atoms with van der Waals surface area (Å²) in [7, 11) is 0. The normalized spacial score (nSPS) is 11.0. The minimum atomic E-state index is -0.295. The van der Waals surface area contributed by atoms with E-state index < -0.39 is 0 Å². The zero-order valence-corrected chi connectivity index (χ0v) is 14.7. The Labute approximate surface area is 151 Å². The van der Waals surface area contributed by atoms with Crippen molar-refractivity contribution in [2.75, 3.05) is 0 Å². The molecule has 1 aromatic heterocycles. The minimum Gasteiger partial charge on any atom is -0.268 e. The number of halogens is 1. The van der Waals surface area contributed by atoms with Crippen molar-refractivity contribution in [3.63, 3.8) is 0 Å². The van der Waals surface area contributed by atoms with Crippen LogP contribution in [0.3, 0.4) is 0 Å². The third kappa shape index (κ3) is 2.26. The summed E-state index contributed by atoms with van der Waals surface area (Å²) in [5.74, 6) is 0. The summed E-state index contributed by atoms with van der Waals surface area (Å²) in [6.45, 7) is 0. The highest BCUT2D eigenvalue weighted by molar-refractivity contribution is 14.1. The first-order chi connectivity index (χ1) is 11.7. The monoisotopic (exact) mass is 425 g/mol. The van der Waals surface area contributed by atoms with Crippen LogP contribution >= 0.6 is 22.6 Å². The molecular formula is C20H12INO2. The van der Waals surface area contributed by atoms with Gasteiger partial charge in [0.2, 0.25) is 0 Å². The van der Waals surface area contributed by atoms with Crippen LogP contribution in [-0.4, -0.2) is 4.57 Å². The Morgan fingerprint density at radius 2 is 1.00 bits per heavy atom. The smallest absolute Gasteiger partial charge is 0.265 e. The molecule has 0 saturated heterocycles. The summed E-state index contributed by atoms with van der Waals surface area (Å²) < 4.78 is 2.14. The summed E-state index contributed by atoms with van der Waals surface area (Å²) in [4.78, 5) is 26.3. The highest BCUT2D eigenvalue weighted by atomic mass is 127. The fourth-order valence-corrected chi connectivity index (χ4v) is 3.62. The molecule has 116 valence electrons. The summed E-state index contributed by atoms with van der Waals surface area (Å²) in [6.07, 6.45) is 0. The molecule has 24 heavy (non-hydrogen) atoms. The van der Waals surface area contributed by atoms with Gasteiger partial charge >= 0.3 is 0 Å². The Morgan fingerprint density at radius 1 is 0.583 bits per heavy atom. The lowest BCUT2D eigenvalue weighted by Crippen LogP contribution is -2.29. The third-order valence-electron chi connectivity index (χ3n) is 4.10. The average molecular weight is 425 g/mol. The van der Waals surface area contributed by atoms with Crippen LogP contribution in [0.1, 0.15) is 0 Å². The number of aromatic nitrogens is 1. The molecule has 3 aromatic carbocycles. The van der Waals surface area contributed by atoms with Gasteiger partial charge in [0.05, 0.1) is 5.69 Å². The lowest BCUT2D eigenvalue weighted by Gasteiger charge is -2.05. The van der Waals surface area contributed by atoms with Crippen LogP contribution < -0.4 is 11.1 Å². The van der Waals surface area contributed by atoms with Gasteiger partial charge in [0.15, 0.2) is 0 Å². The second-order valence-electron chi connectivity index (χ2n) is 5.49. The van der Waals surface area contributed by atoms with Gasteiger partial charge in [0, 0.05) is 14.3 Å². The Morgan fingerprint density at radius 3 is 1.50 bits per heavy atom. The number of benzene rings is 3. The second-order valence-corrected chi connectivity index (χ2v) is 6.65. The topological polar surface area (TPSA) is 39.1 Å². The van der Waals surface area contributed by atoms with Gasteiger partial charge in [-0.1, -0.05) is 48.5 Å². The van der Waals surface area contributed by atoms with E-state index in [1.54, 1.807) is 18.2 Å². The molecule has 0 N–H and O–H groups in total. The van der Waals surface area contributed by atoms with E-state index >= 15 is 0 Å². The molecule has 0 saturated carbocycles. The van der Waals surface area contributed by atoms with E-state index in [1.165, 1.54) is 4.57 Å². The van der Waals surface area contributed by atoms with E-state index in [1.807, 2.05) is 54.6 Å². The van der Waals surface area contributed by atoms with Crippen molar-refractivity contribution in [2.24, 2.45) is 0 Å². The van der Waals surface area contributed by atoms with Crippen molar-refractivity contribution in [2.45, 2.75) is 0 Å². The molecule has 4 heteroatoms. The van der Waals surface area contributed by atoms with Crippen LogP contribution in [0, 0.1) is 3.57 Å². The van der Waals surface area contributed by atoms with Gasteiger partial charge in [-0.25, -0.2) is 4.57 Å². The summed E-state index contributed by atoms with van der Waals surface area (Å²) in [5, 5.41) is 2.66. The summed E-state index contributed by atoms with van der Waals surface area (Å²) >= 11 is 2.15. The highest BCUT2D eigenvalue weighted by Gasteiger charge is 2.13. The Hall–Kier alpha value is -2.47. The second kappa shape index (κ2) is 5.87. The van der Waals surface area contributed by atoms with Gasteiger partial charge in [0.1, 0.15) is 0 Å².